The molecule has 0 aliphatic carbocycles. The van der Waals surface area contributed by atoms with Gasteiger partial charge in [0.15, 0.2) is 0 Å². The van der Waals surface area contributed by atoms with Crippen LogP contribution in [0.3, 0.4) is 0 Å². The van der Waals surface area contributed by atoms with Crippen molar-refractivity contribution < 1.29 is 9.57 Å². The van der Waals surface area contributed by atoms with E-state index in [-0.39, 0.29) is 0 Å². The Morgan fingerprint density at radius 2 is 1.44 bits per heavy atom. The van der Waals surface area contributed by atoms with E-state index in [0.29, 0.717) is 0 Å². The second kappa shape index (κ2) is 4.35. The Balaban J connectivity index is 2.35. The molecule has 0 unspecified atom stereocenters. The van der Waals surface area contributed by atoms with Crippen molar-refractivity contribution in [3.8, 4) is 5.75 Å². The summed E-state index contributed by atoms with van der Waals surface area (Å²) in [5.41, 5.74) is 3.59. The molecule has 0 bridgehead atoms. The minimum atomic E-state index is 0.932. The van der Waals surface area contributed by atoms with Crippen LogP contribution in [0.5, 0.6) is 5.75 Å². The molecule has 2 nitrogen and oxygen atoms in total. The summed E-state index contributed by atoms with van der Waals surface area (Å²) in [5.74, 6) is 0.932. The molecule has 16 heavy (non-hydrogen) atoms. The van der Waals surface area contributed by atoms with Crippen LogP contribution in [0.25, 0.3) is 0 Å². The van der Waals surface area contributed by atoms with Gasteiger partial charge in [-0.3, -0.25) is 0 Å². The predicted octanol–water partition coefficient (Wildman–Crippen LogP) is 2.74. The topological polar surface area (TPSA) is 13.1 Å². The van der Waals surface area contributed by atoms with Gasteiger partial charge in [-0.05, 0) is 31.9 Å². The molecule has 2 rings (SSSR count). The molecule has 0 radical (unpaired) electrons. The van der Waals surface area contributed by atoms with Gasteiger partial charge in [0, 0.05) is 16.9 Å². The summed E-state index contributed by atoms with van der Waals surface area (Å²) in [4.78, 5) is 5.81. The molecule has 0 saturated carbocycles. The van der Waals surface area contributed by atoms with E-state index in [4.69, 9.17) is 4.84 Å². The Bertz CT molecular complexity index is 468. The third kappa shape index (κ3) is 2.22. The van der Waals surface area contributed by atoms with Crippen molar-refractivity contribution in [1.82, 2.24) is 0 Å². The van der Waals surface area contributed by atoms with Crippen LogP contribution in [-0.4, -0.2) is 0 Å². The summed E-state index contributed by atoms with van der Waals surface area (Å²) in [6, 6.07) is 10.1. The molecule has 82 valence electrons. The van der Waals surface area contributed by atoms with E-state index < -0.39 is 0 Å². The Labute approximate surface area is 96.1 Å². The maximum absolute atomic E-state index is 5.81. The van der Waals surface area contributed by atoms with Crippen molar-refractivity contribution >= 4 is 0 Å². The summed E-state index contributed by atoms with van der Waals surface area (Å²) in [6.07, 6.45) is 3.78. The fraction of sp³-hybridized carbons (Fsp3) is 0.214. The first-order valence-electron chi connectivity index (χ1n) is 5.39. The van der Waals surface area contributed by atoms with Gasteiger partial charge in [-0.2, -0.15) is 0 Å². The van der Waals surface area contributed by atoms with E-state index in [9.17, 15) is 0 Å². The highest BCUT2D eigenvalue weighted by atomic mass is 16.7. The van der Waals surface area contributed by atoms with Crippen molar-refractivity contribution in [3.63, 3.8) is 0 Å². The van der Waals surface area contributed by atoms with Crippen LogP contribution < -0.4 is 9.57 Å². The zero-order chi connectivity index (χ0) is 11.5. The van der Waals surface area contributed by atoms with Crippen LogP contribution in [-0.2, 0) is 0 Å². The molecule has 0 amide bonds. The monoisotopic (exact) mass is 214 g/mol. The van der Waals surface area contributed by atoms with Crippen LogP contribution >= 0.6 is 0 Å². The molecule has 0 N–H and O–H groups in total. The first-order chi connectivity index (χ1) is 7.66. The van der Waals surface area contributed by atoms with Crippen LogP contribution in [0.2, 0.25) is 0 Å². The minimum absolute atomic E-state index is 0.932. The zero-order valence-corrected chi connectivity index (χ0v) is 9.90. The number of aromatic nitrogens is 1. The SMILES string of the molecule is Cc1cc(C)c(O[n+]2ccccc2)c(C)c1. The molecule has 2 heteroatoms. The van der Waals surface area contributed by atoms with E-state index in [2.05, 4.69) is 32.9 Å². The molecular formula is C14H16NO+. The Morgan fingerprint density at radius 1 is 0.875 bits per heavy atom. The summed E-state index contributed by atoms with van der Waals surface area (Å²) in [6.45, 7) is 6.23. The zero-order valence-electron chi connectivity index (χ0n) is 9.90. The van der Waals surface area contributed by atoms with Gasteiger partial charge < -0.3 is 0 Å². The van der Waals surface area contributed by atoms with E-state index in [1.807, 2.05) is 30.6 Å². The number of hydrogen-bond acceptors (Lipinski definition) is 1. The first kappa shape index (κ1) is 10.7. The molecular weight excluding hydrogens is 198 g/mol. The Hall–Kier alpha value is -1.83. The first-order valence-corrected chi connectivity index (χ1v) is 5.39. The van der Waals surface area contributed by atoms with E-state index in [1.54, 1.807) is 4.73 Å². The molecule has 0 aliphatic heterocycles. The van der Waals surface area contributed by atoms with E-state index >= 15 is 0 Å². The lowest BCUT2D eigenvalue weighted by atomic mass is 10.1. The second-order valence-electron chi connectivity index (χ2n) is 4.05. The lowest BCUT2D eigenvalue weighted by Crippen LogP contribution is -2.38. The Kier molecular flexibility index (Phi) is 2.91. The lowest BCUT2D eigenvalue weighted by molar-refractivity contribution is -0.875. The molecule has 0 atom stereocenters. The van der Waals surface area contributed by atoms with Gasteiger partial charge in [0.05, 0.1) is 0 Å². The number of rotatable bonds is 2. The van der Waals surface area contributed by atoms with Gasteiger partial charge in [0.1, 0.15) is 0 Å². The summed E-state index contributed by atoms with van der Waals surface area (Å²) < 4.78 is 1.71. The van der Waals surface area contributed by atoms with Gasteiger partial charge in [-0.25, -0.2) is 4.84 Å². The van der Waals surface area contributed by atoms with Crippen molar-refractivity contribution in [2.75, 3.05) is 0 Å². The molecule has 1 aromatic heterocycles. The average molecular weight is 214 g/mol. The highest BCUT2D eigenvalue weighted by Gasteiger charge is 2.10. The van der Waals surface area contributed by atoms with Gasteiger partial charge in [0.25, 0.3) is 0 Å². The molecule has 2 aromatic rings. The summed E-state index contributed by atoms with van der Waals surface area (Å²) in [5, 5.41) is 0. The van der Waals surface area contributed by atoms with Crippen LogP contribution in [0, 0.1) is 20.8 Å². The average Bonchev–Trinajstić information content (AvgIpc) is 2.25. The molecule has 1 aromatic carbocycles. The number of hydrogen-bond donors (Lipinski definition) is 0. The van der Waals surface area contributed by atoms with Crippen molar-refractivity contribution in [2.45, 2.75) is 20.8 Å². The van der Waals surface area contributed by atoms with Crippen LogP contribution in [0.15, 0.2) is 42.7 Å². The van der Waals surface area contributed by atoms with Crippen molar-refractivity contribution in [3.05, 3.63) is 59.4 Å². The fourth-order valence-electron chi connectivity index (χ4n) is 1.86. The number of aryl methyl sites for hydroxylation is 3. The predicted molar refractivity (Wildman–Crippen MR) is 63.3 cm³/mol. The van der Waals surface area contributed by atoms with E-state index in [1.165, 1.54) is 5.56 Å². The minimum Gasteiger partial charge on any atom is -0.231 e. The molecule has 1 heterocycles. The van der Waals surface area contributed by atoms with Crippen molar-refractivity contribution in [1.29, 1.82) is 0 Å². The van der Waals surface area contributed by atoms with Crippen LogP contribution in [0.4, 0.5) is 0 Å². The highest BCUT2D eigenvalue weighted by molar-refractivity contribution is 5.42. The van der Waals surface area contributed by atoms with Crippen LogP contribution in [0.1, 0.15) is 16.7 Å². The molecule has 0 aliphatic rings. The maximum Gasteiger partial charge on any atom is 0.223 e. The van der Waals surface area contributed by atoms with Gasteiger partial charge in [-0.1, -0.05) is 23.8 Å². The fourth-order valence-corrected chi connectivity index (χ4v) is 1.86. The smallest absolute Gasteiger partial charge is 0.223 e. The Morgan fingerprint density at radius 3 is 2.00 bits per heavy atom. The number of nitrogens with zero attached hydrogens (tertiary/aromatic N) is 1. The summed E-state index contributed by atoms with van der Waals surface area (Å²) in [7, 11) is 0. The van der Waals surface area contributed by atoms with Gasteiger partial charge in [-0.15, -0.1) is 0 Å². The third-order valence-corrected chi connectivity index (χ3v) is 2.49. The lowest BCUT2D eigenvalue weighted by Gasteiger charge is -2.06. The normalized spacial score (nSPS) is 10.2. The van der Waals surface area contributed by atoms with Crippen molar-refractivity contribution in [2.24, 2.45) is 0 Å². The van der Waals surface area contributed by atoms with Gasteiger partial charge >= 0.3 is 0 Å². The quantitative estimate of drug-likeness (QED) is 0.701. The molecule has 0 fully saturated rings. The second-order valence-corrected chi connectivity index (χ2v) is 4.05. The highest BCUT2D eigenvalue weighted by Crippen LogP contribution is 2.23. The largest absolute Gasteiger partial charge is 0.231 e. The molecule has 0 spiro atoms. The van der Waals surface area contributed by atoms with E-state index in [0.717, 1.165) is 16.9 Å². The maximum atomic E-state index is 5.81. The number of pyridine rings is 1. The number of benzene rings is 1. The standard InChI is InChI=1S/C14H16NO/c1-11-9-12(2)14(13(3)10-11)16-15-7-5-4-6-8-15/h4-10H,1-3H3/q+1. The third-order valence-electron chi connectivity index (χ3n) is 2.49. The van der Waals surface area contributed by atoms with Gasteiger partial charge in [0.2, 0.25) is 18.1 Å². The molecule has 0 saturated heterocycles. The summed E-state index contributed by atoms with van der Waals surface area (Å²) >= 11 is 0.